The molecule has 3 nitrogen and oxygen atoms in total. The first-order valence-electron chi connectivity index (χ1n) is 7.88. The van der Waals surface area contributed by atoms with Gasteiger partial charge >= 0.3 is 0 Å². The molecular formula is C19H16FNO2S2. The highest BCUT2D eigenvalue weighted by Gasteiger charge is 2.25. The molecule has 3 aromatic rings. The number of halogens is 1. The number of aryl methyl sites for hydroxylation is 1. The van der Waals surface area contributed by atoms with Crippen molar-refractivity contribution < 1.29 is 13.9 Å². The average molecular weight is 373 g/mol. The molecule has 0 saturated heterocycles. The smallest absolute Gasteiger partial charge is 0.227 e. The molecule has 2 heterocycles. The minimum absolute atomic E-state index is 0.268. The summed E-state index contributed by atoms with van der Waals surface area (Å²) in [5.41, 5.74) is 3.53. The van der Waals surface area contributed by atoms with Crippen molar-refractivity contribution in [3.8, 4) is 5.75 Å². The number of thiazole rings is 1. The maximum absolute atomic E-state index is 14.0. The molecule has 1 aromatic heterocycles. The second kappa shape index (κ2) is 7.15. The monoisotopic (exact) mass is 373 g/mol. The van der Waals surface area contributed by atoms with E-state index in [1.54, 1.807) is 29.2 Å². The van der Waals surface area contributed by atoms with Gasteiger partial charge in [0.1, 0.15) is 15.9 Å². The lowest BCUT2D eigenvalue weighted by Crippen LogP contribution is -2.19. The van der Waals surface area contributed by atoms with Crippen molar-refractivity contribution in [3.63, 3.8) is 0 Å². The summed E-state index contributed by atoms with van der Waals surface area (Å²) in [4.78, 5) is 4.45. The van der Waals surface area contributed by atoms with Crippen molar-refractivity contribution in [2.45, 2.75) is 29.9 Å². The highest BCUT2D eigenvalue weighted by Crippen LogP contribution is 2.39. The zero-order chi connectivity index (χ0) is 17.2. The molecule has 0 unspecified atom stereocenters. The van der Waals surface area contributed by atoms with Crippen LogP contribution in [0, 0.1) is 12.7 Å². The van der Waals surface area contributed by atoms with Gasteiger partial charge in [0.25, 0.3) is 0 Å². The molecule has 1 aliphatic heterocycles. The Labute approximate surface area is 153 Å². The Hall–Kier alpha value is -1.89. The van der Waals surface area contributed by atoms with Crippen LogP contribution >= 0.6 is 23.1 Å². The Bertz CT molecular complexity index is 882. The van der Waals surface area contributed by atoms with Gasteiger partial charge in [0.05, 0.1) is 6.61 Å². The zero-order valence-corrected chi connectivity index (χ0v) is 15.2. The number of benzene rings is 2. The normalized spacial score (nSPS) is 16.3. The number of hydrogen-bond donors (Lipinski definition) is 0. The third kappa shape index (κ3) is 3.71. The molecule has 0 N–H and O–H groups in total. The average Bonchev–Trinajstić information content (AvgIpc) is 3.05. The summed E-state index contributed by atoms with van der Waals surface area (Å²) >= 11 is 3.19. The lowest BCUT2D eigenvalue weighted by atomic mass is 10.1. The van der Waals surface area contributed by atoms with E-state index < -0.39 is 6.29 Å². The highest BCUT2D eigenvalue weighted by atomic mass is 32.2. The van der Waals surface area contributed by atoms with E-state index in [-0.39, 0.29) is 5.82 Å². The molecule has 0 bridgehead atoms. The number of rotatable bonds is 4. The fraction of sp³-hybridized carbons (Fsp3) is 0.211. The van der Waals surface area contributed by atoms with Gasteiger partial charge in [0, 0.05) is 33.5 Å². The molecule has 0 aliphatic carbocycles. The topological polar surface area (TPSA) is 31.4 Å². The quantitative estimate of drug-likeness (QED) is 0.566. The molecule has 25 heavy (non-hydrogen) atoms. The van der Waals surface area contributed by atoms with Crippen LogP contribution in [-0.2, 0) is 17.1 Å². The van der Waals surface area contributed by atoms with E-state index in [0.29, 0.717) is 12.4 Å². The number of hydrogen-bond acceptors (Lipinski definition) is 5. The minimum Gasteiger partial charge on any atom is -0.460 e. The predicted molar refractivity (Wildman–Crippen MR) is 97.4 cm³/mol. The van der Waals surface area contributed by atoms with Crippen LogP contribution in [0.4, 0.5) is 4.39 Å². The summed E-state index contributed by atoms with van der Waals surface area (Å²) in [5.74, 6) is 1.06. The van der Waals surface area contributed by atoms with E-state index in [1.807, 2.05) is 42.6 Å². The van der Waals surface area contributed by atoms with E-state index in [4.69, 9.17) is 9.47 Å². The van der Waals surface area contributed by atoms with Crippen LogP contribution in [0.3, 0.4) is 0 Å². The van der Waals surface area contributed by atoms with Gasteiger partial charge in [-0.25, -0.2) is 9.37 Å². The first kappa shape index (κ1) is 16.6. The summed E-state index contributed by atoms with van der Waals surface area (Å²) in [5, 5.41) is 2.01. The molecule has 128 valence electrons. The standard InChI is InChI=1S/C19H16FNO2S2/c1-12-10-24-19(21-12)25-11-15-8-16(20)7-14-9-22-18(23-17(14)15)13-5-3-2-4-6-13/h2-8,10,18H,9,11H2,1H3/t18-/m0/s1. The predicted octanol–water partition coefficient (Wildman–Crippen LogP) is 5.49. The Balaban J connectivity index is 1.59. The molecular weight excluding hydrogens is 357 g/mol. The maximum atomic E-state index is 14.0. The number of ether oxygens (including phenoxy) is 2. The molecule has 1 atom stereocenters. The first-order valence-corrected chi connectivity index (χ1v) is 9.75. The van der Waals surface area contributed by atoms with Crippen LogP contribution in [0.5, 0.6) is 5.75 Å². The summed E-state index contributed by atoms with van der Waals surface area (Å²) in [6.45, 7) is 2.30. The molecule has 6 heteroatoms. The second-order valence-electron chi connectivity index (χ2n) is 5.77. The fourth-order valence-corrected chi connectivity index (χ4v) is 4.51. The first-order chi connectivity index (χ1) is 12.2. The molecule has 0 amide bonds. The lowest BCUT2D eigenvalue weighted by molar-refractivity contribution is -0.112. The van der Waals surface area contributed by atoms with E-state index in [0.717, 1.165) is 32.5 Å². The van der Waals surface area contributed by atoms with Gasteiger partial charge in [-0.1, -0.05) is 42.1 Å². The lowest BCUT2D eigenvalue weighted by Gasteiger charge is -2.28. The van der Waals surface area contributed by atoms with Crippen molar-refractivity contribution in [3.05, 3.63) is 76.0 Å². The SMILES string of the molecule is Cc1csc(SCc2cc(F)cc3c2O[C@@H](c2ccccc2)OC3)n1. The van der Waals surface area contributed by atoms with Crippen LogP contribution in [0.2, 0.25) is 0 Å². The Morgan fingerprint density at radius 1 is 1.28 bits per heavy atom. The molecule has 0 saturated carbocycles. The van der Waals surface area contributed by atoms with E-state index in [9.17, 15) is 4.39 Å². The van der Waals surface area contributed by atoms with Crippen LogP contribution in [0.25, 0.3) is 0 Å². The third-order valence-corrected chi connectivity index (χ3v) is 6.03. The minimum atomic E-state index is -0.468. The third-order valence-electron chi connectivity index (χ3n) is 3.84. The summed E-state index contributed by atoms with van der Waals surface area (Å²) < 4.78 is 26.8. The van der Waals surface area contributed by atoms with Crippen molar-refractivity contribution >= 4 is 23.1 Å². The maximum Gasteiger partial charge on any atom is 0.227 e. The molecule has 0 spiro atoms. The fourth-order valence-electron chi connectivity index (χ4n) is 2.70. The van der Waals surface area contributed by atoms with Crippen LogP contribution < -0.4 is 4.74 Å². The van der Waals surface area contributed by atoms with E-state index in [2.05, 4.69) is 4.98 Å². The molecule has 1 aliphatic rings. The van der Waals surface area contributed by atoms with Crippen molar-refractivity contribution in [1.29, 1.82) is 0 Å². The van der Waals surface area contributed by atoms with Crippen LogP contribution in [0.15, 0.2) is 52.2 Å². The Morgan fingerprint density at radius 2 is 2.12 bits per heavy atom. The Morgan fingerprint density at radius 3 is 2.88 bits per heavy atom. The summed E-state index contributed by atoms with van der Waals surface area (Å²) in [7, 11) is 0. The largest absolute Gasteiger partial charge is 0.460 e. The van der Waals surface area contributed by atoms with Gasteiger partial charge in [0.15, 0.2) is 0 Å². The summed E-state index contributed by atoms with van der Waals surface area (Å²) in [6.07, 6.45) is -0.468. The molecule has 0 fully saturated rings. The summed E-state index contributed by atoms with van der Waals surface area (Å²) in [6, 6.07) is 12.8. The van der Waals surface area contributed by atoms with Gasteiger partial charge in [-0.3, -0.25) is 0 Å². The molecule has 2 aromatic carbocycles. The van der Waals surface area contributed by atoms with E-state index >= 15 is 0 Å². The number of aromatic nitrogens is 1. The molecule has 4 rings (SSSR count). The molecule has 0 radical (unpaired) electrons. The number of nitrogens with zero attached hydrogens (tertiary/aromatic N) is 1. The zero-order valence-electron chi connectivity index (χ0n) is 13.6. The van der Waals surface area contributed by atoms with Gasteiger partial charge < -0.3 is 9.47 Å². The van der Waals surface area contributed by atoms with Crippen molar-refractivity contribution in [2.24, 2.45) is 0 Å². The van der Waals surface area contributed by atoms with Gasteiger partial charge in [0.2, 0.25) is 6.29 Å². The van der Waals surface area contributed by atoms with Crippen LogP contribution in [0.1, 0.15) is 28.7 Å². The number of thioether (sulfide) groups is 1. The highest BCUT2D eigenvalue weighted by molar-refractivity contribution is 8.00. The van der Waals surface area contributed by atoms with Crippen molar-refractivity contribution in [2.75, 3.05) is 0 Å². The van der Waals surface area contributed by atoms with Gasteiger partial charge in [-0.2, -0.15) is 0 Å². The van der Waals surface area contributed by atoms with E-state index in [1.165, 1.54) is 6.07 Å². The van der Waals surface area contributed by atoms with Gasteiger partial charge in [-0.05, 0) is 19.1 Å². The van der Waals surface area contributed by atoms with Gasteiger partial charge in [-0.15, -0.1) is 11.3 Å². The van der Waals surface area contributed by atoms with Crippen LogP contribution in [-0.4, -0.2) is 4.98 Å². The second-order valence-corrected chi connectivity index (χ2v) is 7.85. The van der Waals surface area contributed by atoms with Crippen molar-refractivity contribution in [1.82, 2.24) is 4.98 Å². The Kier molecular flexibility index (Phi) is 4.74. The number of fused-ring (bicyclic) bond motifs is 1.